The topological polar surface area (TPSA) is 109 Å². The van der Waals surface area contributed by atoms with Gasteiger partial charge in [0.25, 0.3) is 10.0 Å². The second kappa shape index (κ2) is 7.67. The van der Waals surface area contributed by atoms with E-state index in [0.717, 1.165) is 36.1 Å². The minimum Gasteiger partial charge on any atom is -0.448 e. The number of benzene rings is 1. The summed E-state index contributed by atoms with van der Waals surface area (Å²) >= 11 is 0. The van der Waals surface area contributed by atoms with Crippen LogP contribution in [0.25, 0.3) is 0 Å². The fraction of sp³-hybridized carbons (Fsp3) is 0.522. The lowest BCUT2D eigenvalue weighted by Crippen LogP contribution is -2.35. The monoisotopic (exact) mass is 446 g/mol. The van der Waals surface area contributed by atoms with E-state index in [4.69, 9.17) is 4.42 Å². The van der Waals surface area contributed by atoms with Gasteiger partial charge in [-0.2, -0.15) is 8.42 Å². The Morgan fingerprint density at radius 1 is 1.26 bits per heavy atom. The van der Waals surface area contributed by atoms with Crippen molar-refractivity contribution in [2.45, 2.75) is 76.4 Å². The maximum atomic E-state index is 12.8. The van der Waals surface area contributed by atoms with Gasteiger partial charge in [0.05, 0.1) is 5.60 Å². The normalized spacial score (nSPS) is 17.3. The number of furan rings is 1. The Balaban J connectivity index is 1.59. The van der Waals surface area contributed by atoms with Crippen molar-refractivity contribution in [3.63, 3.8) is 0 Å². The average molecular weight is 447 g/mol. The Kier molecular flexibility index (Phi) is 5.42. The van der Waals surface area contributed by atoms with E-state index in [9.17, 15) is 18.3 Å². The van der Waals surface area contributed by atoms with Crippen LogP contribution < -0.4 is 10.0 Å². The molecule has 3 N–H and O–H groups in total. The second-order valence-electron chi connectivity index (χ2n) is 9.30. The quantitative estimate of drug-likeness (QED) is 0.612. The van der Waals surface area contributed by atoms with Gasteiger partial charge in [0.15, 0.2) is 0 Å². The molecule has 31 heavy (non-hydrogen) atoms. The summed E-state index contributed by atoms with van der Waals surface area (Å²) in [5.74, 6) is 1.20. The van der Waals surface area contributed by atoms with E-state index >= 15 is 0 Å². The summed E-state index contributed by atoms with van der Waals surface area (Å²) in [6.07, 6.45) is 5.22. The summed E-state index contributed by atoms with van der Waals surface area (Å²) in [5, 5.41) is 12.6. The largest absolute Gasteiger partial charge is 0.448 e. The average Bonchev–Trinajstić information content (AvgIpc) is 3.24. The Morgan fingerprint density at radius 3 is 2.58 bits per heavy atom. The van der Waals surface area contributed by atoms with Crippen molar-refractivity contribution < 1.29 is 22.7 Å². The number of carbonyl (C=O) groups excluding carboxylic acids is 1. The second-order valence-corrected chi connectivity index (χ2v) is 10.9. The summed E-state index contributed by atoms with van der Waals surface area (Å²) in [6.45, 7) is 6.82. The molecule has 4 rings (SSSR count). The van der Waals surface area contributed by atoms with Gasteiger partial charge in [0, 0.05) is 17.3 Å². The Bertz CT molecular complexity index is 1120. The lowest BCUT2D eigenvalue weighted by atomic mass is 9.91. The van der Waals surface area contributed by atoms with Crippen molar-refractivity contribution in [2.24, 2.45) is 5.92 Å². The highest BCUT2D eigenvalue weighted by Gasteiger charge is 2.33. The third kappa shape index (κ3) is 4.36. The fourth-order valence-corrected chi connectivity index (χ4v) is 5.47. The first-order valence-electron chi connectivity index (χ1n) is 10.8. The number of carbonyl (C=O) groups is 1. The first-order valence-corrected chi connectivity index (χ1v) is 12.3. The number of urea groups is 1. The van der Waals surface area contributed by atoms with Gasteiger partial charge in [-0.3, -0.25) is 0 Å². The molecule has 2 aromatic rings. The molecule has 1 fully saturated rings. The lowest BCUT2D eigenvalue weighted by Gasteiger charge is -2.20. The van der Waals surface area contributed by atoms with E-state index in [-0.39, 0.29) is 5.76 Å². The molecule has 168 valence electrons. The summed E-state index contributed by atoms with van der Waals surface area (Å²) in [6, 6.07) is 4.65. The van der Waals surface area contributed by atoms with Crippen molar-refractivity contribution in [3.8, 4) is 0 Å². The zero-order valence-corrected chi connectivity index (χ0v) is 19.2. The summed E-state index contributed by atoms with van der Waals surface area (Å²) in [4.78, 5) is 12.8. The van der Waals surface area contributed by atoms with Crippen LogP contribution in [0.3, 0.4) is 0 Å². The van der Waals surface area contributed by atoms with Crippen LogP contribution in [-0.2, 0) is 28.5 Å². The molecule has 0 spiro atoms. The maximum Gasteiger partial charge on any atom is 0.333 e. The third-order valence-corrected chi connectivity index (χ3v) is 7.60. The van der Waals surface area contributed by atoms with Crippen molar-refractivity contribution >= 4 is 21.7 Å². The van der Waals surface area contributed by atoms with Crippen molar-refractivity contribution in [1.82, 2.24) is 4.72 Å². The number of nitrogens with one attached hydrogen (secondary N) is 2. The van der Waals surface area contributed by atoms with E-state index < -0.39 is 26.7 Å². The van der Waals surface area contributed by atoms with E-state index in [1.807, 2.05) is 0 Å². The molecular formula is C23H30N2O5S. The van der Waals surface area contributed by atoms with Crippen molar-refractivity contribution in [3.05, 3.63) is 46.2 Å². The molecule has 2 aliphatic rings. The molecule has 1 saturated carbocycles. The Hall–Kier alpha value is -2.32. The highest BCUT2D eigenvalue weighted by Crippen LogP contribution is 2.46. The minimum atomic E-state index is -4.23. The fourth-order valence-electron chi connectivity index (χ4n) is 4.57. The van der Waals surface area contributed by atoms with E-state index in [0.29, 0.717) is 17.4 Å². The number of aliphatic hydroxyl groups is 1. The molecule has 0 unspecified atom stereocenters. The van der Waals surface area contributed by atoms with Gasteiger partial charge < -0.3 is 14.8 Å². The molecule has 1 aromatic heterocycles. The van der Waals surface area contributed by atoms with Crippen LogP contribution in [-0.4, -0.2) is 19.6 Å². The van der Waals surface area contributed by atoms with E-state index in [2.05, 4.69) is 29.1 Å². The number of hydrogen-bond acceptors (Lipinski definition) is 5. The number of sulfonamides is 1. The number of aryl methyl sites for hydroxylation is 2. The first kappa shape index (κ1) is 21.9. The van der Waals surface area contributed by atoms with Crippen LogP contribution in [0.2, 0.25) is 0 Å². The minimum absolute atomic E-state index is 0.287. The molecule has 2 amide bonds. The van der Waals surface area contributed by atoms with E-state index in [1.54, 1.807) is 20.8 Å². The van der Waals surface area contributed by atoms with Crippen molar-refractivity contribution in [2.75, 3.05) is 5.32 Å². The van der Waals surface area contributed by atoms with Crippen LogP contribution in [0.5, 0.6) is 0 Å². The van der Waals surface area contributed by atoms with Crippen LogP contribution in [0.15, 0.2) is 27.7 Å². The van der Waals surface area contributed by atoms with Crippen LogP contribution in [0, 0.1) is 12.8 Å². The molecule has 7 nitrogen and oxygen atoms in total. The number of rotatable bonds is 6. The third-order valence-electron chi connectivity index (χ3n) is 6.42. The summed E-state index contributed by atoms with van der Waals surface area (Å²) in [7, 11) is -4.23. The number of fused-ring (bicyclic) bond motifs is 1. The Labute approximate surface area is 183 Å². The predicted octanol–water partition coefficient (Wildman–Crippen LogP) is 4.33. The van der Waals surface area contributed by atoms with Crippen LogP contribution >= 0.6 is 0 Å². The molecule has 8 heteroatoms. The number of amides is 2. The van der Waals surface area contributed by atoms with Gasteiger partial charge in [0.1, 0.15) is 5.76 Å². The highest BCUT2D eigenvalue weighted by atomic mass is 32.2. The maximum absolute atomic E-state index is 12.8. The zero-order chi connectivity index (χ0) is 22.6. The van der Waals surface area contributed by atoms with Crippen LogP contribution in [0.1, 0.15) is 74.0 Å². The van der Waals surface area contributed by atoms with Gasteiger partial charge >= 0.3 is 6.03 Å². The van der Waals surface area contributed by atoms with Crippen molar-refractivity contribution in [1.29, 1.82) is 0 Å². The number of anilines is 1. The zero-order valence-electron chi connectivity index (χ0n) is 18.4. The Morgan fingerprint density at radius 2 is 1.97 bits per heavy atom. The molecule has 0 aliphatic heterocycles. The standard InChI is InChI=1S/C23H30N2O5S/c1-13(15-8-9-15)17-11-10-16-6-5-7-18(16)21(17)24-22(26)25-31(28,29)20-12-19(14(2)30-20)23(3,4)27/h10-13,15,27H,5-9H2,1-4H3,(H2,24,25,26)/t13-/m1/s1. The van der Waals surface area contributed by atoms with Gasteiger partial charge in [0.2, 0.25) is 5.09 Å². The molecule has 1 aromatic carbocycles. The smallest absolute Gasteiger partial charge is 0.333 e. The molecule has 0 bridgehead atoms. The number of hydrogen-bond donors (Lipinski definition) is 3. The molecule has 0 saturated heterocycles. The van der Waals surface area contributed by atoms with Gasteiger partial charge in [-0.15, -0.1) is 0 Å². The van der Waals surface area contributed by atoms with E-state index in [1.165, 1.54) is 24.5 Å². The highest BCUT2D eigenvalue weighted by molar-refractivity contribution is 7.89. The molecule has 2 aliphatic carbocycles. The molecule has 0 radical (unpaired) electrons. The summed E-state index contributed by atoms with van der Waals surface area (Å²) in [5.41, 5.74) is 3.22. The summed E-state index contributed by atoms with van der Waals surface area (Å²) < 4.78 is 32.9. The van der Waals surface area contributed by atoms with Gasteiger partial charge in [-0.25, -0.2) is 9.52 Å². The first-order chi connectivity index (χ1) is 14.5. The SMILES string of the molecule is Cc1oc(S(=O)(=O)NC(=O)Nc2c([C@H](C)C3CC3)ccc3c2CCC3)cc1C(C)(C)O. The predicted molar refractivity (Wildman–Crippen MR) is 118 cm³/mol. The molecule has 1 atom stereocenters. The van der Waals surface area contributed by atoms with Gasteiger partial charge in [-0.05, 0) is 81.4 Å². The molecule has 1 heterocycles. The van der Waals surface area contributed by atoms with Gasteiger partial charge in [-0.1, -0.05) is 19.1 Å². The molecular weight excluding hydrogens is 416 g/mol. The van der Waals surface area contributed by atoms with Crippen LogP contribution in [0.4, 0.5) is 10.5 Å². The lowest BCUT2D eigenvalue weighted by molar-refractivity contribution is 0.0769.